The molecule has 2 N–H and O–H groups in total. The Morgan fingerprint density at radius 1 is 1.67 bits per heavy atom. The zero-order valence-electron chi connectivity index (χ0n) is 7.77. The Bertz CT molecular complexity index is 217. The van der Waals surface area contributed by atoms with Crippen LogP contribution in [0.5, 0.6) is 0 Å². The largest absolute Gasteiger partial charge is 0.324 e. The second-order valence-electron chi connectivity index (χ2n) is 3.31. The van der Waals surface area contributed by atoms with Gasteiger partial charge in [-0.05, 0) is 32.6 Å². The van der Waals surface area contributed by atoms with Crippen molar-refractivity contribution in [3.05, 3.63) is 11.6 Å². The molecule has 12 heavy (non-hydrogen) atoms. The van der Waals surface area contributed by atoms with Gasteiger partial charge in [0.1, 0.15) is 0 Å². The SMILES string of the molecule is CC#CCCC1=CC(N)CCC1. The zero-order valence-corrected chi connectivity index (χ0v) is 7.77. The maximum atomic E-state index is 5.82. The van der Waals surface area contributed by atoms with Gasteiger partial charge in [-0.2, -0.15) is 0 Å². The van der Waals surface area contributed by atoms with Gasteiger partial charge in [0.15, 0.2) is 0 Å². The van der Waals surface area contributed by atoms with E-state index in [0.717, 1.165) is 19.3 Å². The van der Waals surface area contributed by atoms with Crippen molar-refractivity contribution in [3.63, 3.8) is 0 Å². The van der Waals surface area contributed by atoms with Crippen molar-refractivity contribution >= 4 is 0 Å². The Balaban J connectivity index is 2.33. The van der Waals surface area contributed by atoms with Crippen molar-refractivity contribution in [2.75, 3.05) is 0 Å². The van der Waals surface area contributed by atoms with Crippen LogP contribution in [0.1, 0.15) is 39.0 Å². The van der Waals surface area contributed by atoms with Crippen molar-refractivity contribution < 1.29 is 0 Å². The molecule has 1 heteroatoms. The average Bonchev–Trinajstić information content (AvgIpc) is 2.05. The van der Waals surface area contributed by atoms with Gasteiger partial charge in [-0.3, -0.25) is 0 Å². The van der Waals surface area contributed by atoms with Gasteiger partial charge in [0, 0.05) is 12.5 Å². The van der Waals surface area contributed by atoms with Crippen LogP contribution < -0.4 is 5.73 Å². The Morgan fingerprint density at radius 3 is 3.17 bits per heavy atom. The molecule has 1 rings (SSSR count). The fraction of sp³-hybridized carbons (Fsp3) is 0.636. The Kier molecular flexibility index (Phi) is 3.90. The zero-order chi connectivity index (χ0) is 8.81. The first-order chi connectivity index (χ1) is 5.83. The summed E-state index contributed by atoms with van der Waals surface area (Å²) >= 11 is 0. The van der Waals surface area contributed by atoms with Gasteiger partial charge in [0.25, 0.3) is 0 Å². The highest BCUT2D eigenvalue weighted by atomic mass is 14.6. The molecule has 0 saturated carbocycles. The number of rotatable bonds is 2. The Hall–Kier alpha value is -0.740. The first kappa shape index (κ1) is 9.35. The number of hydrogen-bond acceptors (Lipinski definition) is 1. The molecule has 1 aliphatic rings. The van der Waals surface area contributed by atoms with Gasteiger partial charge in [0.2, 0.25) is 0 Å². The van der Waals surface area contributed by atoms with Crippen molar-refractivity contribution in [2.24, 2.45) is 5.73 Å². The summed E-state index contributed by atoms with van der Waals surface area (Å²) in [4.78, 5) is 0. The molecule has 0 aromatic carbocycles. The molecule has 66 valence electrons. The third-order valence-electron chi connectivity index (χ3n) is 2.23. The van der Waals surface area contributed by atoms with Crippen LogP contribution >= 0.6 is 0 Å². The van der Waals surface area contributed by atoms with Crippen molar-refractivity contribution in [3.8, 4) is 11.8 Å². The molecule has 0 aliphatic heterocycles. The first-order valence-corrected chi connectivity index (χ1v) is 4.67. The minimum atomic E-state index is 0.309. The van der Waals surface area contributed by atoms with E-state index in [2.05, 4.69) is 17.9 Å². The number of allylic oxidation sites excluding steroid dienone is 1. The lowest BCUT2D eigenvalue weighted by Crippen LogP contribution is -2.20. The average molecular weight is 163 g/mol. The Labute approximate surface area is 75.0 Å². The van der Waals surface area contributed by atoms with Crippen molar-refractivity contribution in [1.29, 1.82) is 0 Å². The first-order valence-electron chi connectivity index (χ1n) is 4.67. The molecule has 0 aromatic rings. The highest BCUT2D eigenvalue weighted by Crippen LogP contribution is 2.20. The second kappa shape index (κ2) is 5.00. The lowest BCUT2D eigenvalue weighted by Gasteiger charge is -2.16. The van der Waals surface area contributed by atoms with Crippen molar-refractivity contribution in [1.82, 2.24) is 0 Å². The monoisotopic (exact) mass is 163 g/mol. The summed E-state index contributed by atoms with van der Waals surface area (Å²) in [5.41, 5.74) is 7.33. The van der Waals surface area contributed by atoms with Gasteiger partial charge in [-0.15, -0.1) is 11.8 Å². The molecule has 0 saturated heterocycles. The lowest BCUT2D eigenvalue weighted by atomic mass is 9.93. The van der Waals surface area contributed by atoms with Gasteiger partial charge >= 0.3 is 0 Å². The van der Waals surface area contributed by atoms with E-state index < -0.39 is 0 Å². The summed E-state index contributed by atoms with van der Waals surface area (Å²) in [6, 6.07) is 0.309. The molecule has 1 aliphatic carbocycles. The van der Waals surface area contributed by atoms with E-state index in [-0.39, 0.29) is 0 Å². The third kappa shape index (κ3) is 3.11. The third-order valence-corrected chi connectivity index (χ3v) is 2.23. The van der Waals surface area contributed by atoms with Crippen LogP contribution in [0.15, 0.2) is 11.6 Å². The fourth-order valence-electron chi connectivity index (χ4n) is 1.59. The van der Waals surface area contributed by atoms with E-state index in [4.69, 9.17) is 5.73 Å². The van der Waals surface area contributed by atoms with E-state index in [0.29, 0.717) is 6.04 Å². The standard InChI is InChI=1S/C11H17N/c1-2-3-4-6-10-7-5-8-11(12)9-10/h9,11H,4-8,12H2,1H3. The molecule has 0 aromatic heterocycles. The van der Waals surface area contributed by atoms with Gasteiger partial charge in [-0.1, -0.05) is 11.6 Å². The van der Waals surface area contributed by atoms with E-state index >= 15 is 0 Å². The van der Waals surface area contributed by atoms with Crippen LogP contribution in [-0.2, 0) is 0 Å². The van der Waals surface area contributed by atoms with Crippen molar-refractivity contribution in [2.45, 2.75) is 45.1 Å². The molecular formula is C11H17N. The van der Waals surface area contributed by atoms with Crippen LogP contribution in [0, 0.1) is 11.8 Å². The summed E-state index contributed by atoms with van der Waals surface area (Å²) in [5.74, 6) is 5.99. The van der Waals surface area contributed by atoms with Crippen LogP contribution in [0.4, 0.5) is 0 Å². The summed E-state index contributed by atoms with van der Waals surface area (Å²) in [6.07, 6.45) is 7.99. The predicted molar refractivity (Wildman–Crippen MR) is 52.6 cm³/mol. The molecule has 0 bridgehead atoms. The molecule has 0 fully saturated rings. The van der Waals surface area contributed by atoms with Crippen LogP contribution in [0.25, 0.3) is 0 Å². The Morgan fingerprint density at radius 2 is 2.50 bits per heavy atom. The quantitative estimate of drug-likeness (QED) is 0.490. The minimum absolute atomic E-state index is 0.309. The molecule has 0 spiro atoms. The highest BCUT2D eigenvalue weighted by molar-refractivity contribution is 5.12. The van der Waals surface area contributed by atoms with Crippen LogP contribution in [0.3, 0.4) is 0 Å². The molecule has 0 amide bonds. The van der Waals surface area contributed by atoms with Crippen LogP contribution in [0.2, 0.25) is 0 Å². The smallest absolute Gasteiger partial charge is 0.0226 e. The summed E-state index contributed by atoms with van der Waals surface area (Å²) in [7, 11) is 0. The molecular weight excluding hydrogens is 146 g/mol. The van der Waals surface area contributed by atoms with Crippen LogP contribution in [-0.4, -0.2) is 6.04 Å². The second-order valence-corrected chi connectivity index (χ2v) is 3.31. The van der Waals surface area contributed by atoms with E-state index in [1.54, 1.807) is 0 Å². The molecule has 1 atom stereocenters. The normalized spacial score (nSPS) is 22.5. The lowest BCUT2D eigenvalue weighted by molar-refractivity contribution is 0.611. The maximum absolute atomic E-state index is 5.82. The number of nitrogens with two attached hydrogens (primary N) is 1. The summed E-state index contributed by atoms with van der Waals surface area (Å²) in [6.45, 7) is 1.89. The summed E-state index contributed by atoms with van der Waals surface area (Å²) < 4.78 is 0. The molecule has 0 radical (unpaired) electrons. The van der Waals surface area contributed by atoms with Gasteiger partial charge in [-0.25, -0.2) is 0 Å². The highest BCUT2D eigenvalue weighted by Gasteiger charge is 2.08. The number of hydrogen-bond donors (Lipinski definition) is 1. The topological polar surface area (TPSA) is 26.0 Å². The van der Waals surface area contributed by atoms with E-state index in [1.165, 1.54) is 18.4 Å². The van der Waals surface area contributed by atoms with E-state index in [9.17, 15) is 0 Å². The van der Waals surface area contributed by atoms with Gasteiger partial charge < -0.3 is 5.73 Å². The molecule has 0 heterocycles. The molecule has 1 unspecified atom stereocenters. The van der Waals surface area contributed by atoms with Gasteiger partial charge in [0.05, 0.1) is 0 Å². The fourth-order valence-corrected chi connectivity index (χ4v) is 1.59. The minimum Gasteiger partial charge on any atom is -0.324 e. The van der Waals surface area contributed by atoms with E-state index in [1.807, 2.05) is 6.92 Å². The predicted octanol–water partition coefficient (Wildman–Crippen LogP) is 2.23. The summed E-state index contributed by atoms with van der Waals surface area (Å²) in [5, 5.41) is 0. The molecule has 1 nitrogen and oxygen atoms in total. The maximum Gasteiger partial charge on any atom is 0.0226 e.